The topological polar surface area (TPSA) is 35.6 Å². The van der Waals surface area contributed by atoms with Gasteiger partial charge in [-0.2, -0.15) is 0 Å². The molecule has 2 aliphatic carbocycles. The molecule has 0 radical (unpaired) electrons. The molecular formula is C15H27N3O. The van der Waals surface area contributed by atoms with Gasteiger partial charge in [0.15, 0.2) is 0 Å². The Morgan fingerprint density at radius 2 is 1.42 bits per heavy atom. The van der Waals surface area contributed by atoms with Gasteiger partial charge in [-0.05, 0) is 25.7 Å². The highest BCUT2D eigenvalue weighted by molar-refractivity contribution is 5.74. The van der Waals surface area contributed by atoms with E-state index >= 15 is 0 Å². The van der Waals surface area contributed by atoms with E-state index in [0.29, 0.717) is 6.04 Å². The Morgan fingerprint density at radius 1 is 0.842 bits per heavy atom. The molecule has 1 aliphatic heterocycles. The van der Waals surface area contributed by atoms with Crippen molar-refractivity contribution in [2.24, 2.45) is 0 Å². The lowest BCUT2D eigenvalue weighted by Crippen LogP contribution is -2.54. The lowest BCUT2D eigenvalue weighted by atomic mass is 10.2. The zero-order valence-electron chi connectivity index (χ0n) is 11.9. The molecule has 3 rings (SSSR count). The fourth-order valence-electron chi connectivity index (χ4n) is 3.90. The minimum atomic E-state index is 0.179. The third-order valence-electron chi connectivity index (χ3n) is 5.13. The number of urea groups is 1. The fraction of sp³-hybridized carbons (Fsp3) is 0.933. The van der Waals surface area contributed by atoms with Gasteiger partial charge in [-0.15, -0.1) is 0 Å². The van der Waals surface area contributed by atoms with E-state index < -0.39 is 0 Å². The van der Waals surface area contributed by atoms with E-state index in [9.17, 15) is 4.79 Å². The number of rotatable bonds is 2. The second-order valence-corrected chi connectivity index (χ2v) is 6.39. The van der Waals surface area contributed by atoms with Crippen LogP contribution in [0.1, 0.15) is 51.4 Å². The zero-order valence-corrected chi connectivity index (χ0v) is 11.9. The van der Waals surface area contributed by atoms with Crippen LogP contribution in [0, 0.1) is 0 Å². The molecular weight excluding hydrogens is 238 g/mol. The smallest absolute Gasteiger partial charge is 0.317 e. The number of carbonyl (C=O) groups is 1. The molecule has 4 nitrogen and oxygen atoms in total. The average Bonchev–Trinajstić information content (AvgIpc) is 3.12. The molecule has 1 saturated heterocycles. The Hall–Kier alpha value is -0.770. The van der Waals surface area contributed by atoms with Gasteiger partial charge >= 0.3 is 6.03 Å². The summed E-state index contributed by atoms with van der Waals surface area (Å²) in [6.45, 7) is 3.97. The van der Waals surface area contributed by atoms with Crippen LogP contribution in [0.2, 0.25) is 0 Å². The van der Waals surface area contributed by atoms with Gasteiger partial charge in [-0.25, -0.2) is 4.79 Å². The molecule has 0 atom stereocenters. The van der Waals surface area contributed by atoms with Crippen LogP contribution in [-0.2, 0) is 0 Å². The van der Waals surface area contributed by atoms with Crippen LogP contribution in [0.5, 0.6) is 0 Å². The molecule has 0 spiro atoms. The summed E-state index contributed by atoms with van der Waals surface area (Å²) >= 11 is 0. The Labute approximate surface area is 116 Å². The first kappa shape index (κ1) is 13.2. The summed E-state index contributed by atoms with van der Waals surface area (Å²) in [5.41, 5.74) is 0. The second-order valence-electron chi connectivity index (χ2n) is 6.39. The molecule has 3 fully saturated rings. The minimum absolute atomic E-state index is 0.179. The molecule has 3 aliphatic rings. The van der Waals surface area contributed by atoms with Gasteiger partial charge in [0.1, 0.15) is 0 Å². The van der Waals surface area contributed by atoms with Crippen molar-refractivity contribution in [3.63, 3.8) is 0 Å². The molecule has 108 valence electrons. The summed E-state index contributed by atoms with van der Waals surface area (Å²) in [6.07, 6.45) is 10.4. The summed E-state index contributed by atoms with van der Waals surface area (Å²) in [4.78, 5) is 16.8. The van der Waals surface area contributed by atoms with Crippen LogP contribution < -0.4 is 5.32 Å². The second kappa shape index (κ2) is 6.12. The van der Waals surface area contributed by atoms with E-state index in [-0.39, 0.29) is 6.03 Å². The monoisotopic (exact) mass is 265 g/mol. The standard InChI is InChI=1S/C15H27N3O/c19-15(16-13-5-1-2-6-13)18-11-9-17(10-12-18)14-7-3-4-8-14/h13-14H,1-12H2,(H,16,19). The van der Waals surface area contributed by atoms with Crippen molar-refractivity contribution >= 4 is 6.03 Å². The lowest BCUT2D eigenvalue weighted by molar-refractivity contribution is 0.108. The molecule has 0 bridgehead atoms. The molecule has 1 N–H and O–H groups in total. The van der Waals surface area contributed by atoms with Crippen LogP contribution in [0.3, 0.4) is 0 Å². The Bertz CT molecular complexity index is 301. The number of nitrogens with one attached hydrogen (secondary N) is 1. The van der Waals surface area contributed by atoms with Crippen molar-refractivity contribution in [3.05, 3.63) is 0 Å². The maximum absolute atomic E-state index is 12.2. The van der Waals surface area contributed by atoms with E-state index in [4.69, 9.17) is 0 Å². The van der Waals surface area contributed by atoms with Crippen molar-refractivity contribution in [2.45, 2.75) is 63.5 Å². The first-order chi connectivity index (χ1) is 9.33. The Balaban J connectivity index is 1.42. The van der Waals surface area contributed by atoms with E-state index in [2.05, 4.69) is 10.2 Å². The first-order valence-electron chi connectivity index (χ1n) is 8.12. The number of nitrogens with zero attached hydrogens (tertiary/aromatic N) is 2. The van der Waals surface area contributed by atoms with Crippen LogP contribution >= 0.6 is 0 Å². The van der Waals surface area contributed by atoms with Crippen molar-refractivity contribution in [1.29, 1.82) is 0 Å². The highest BCUT2D eigenvalue weighted by atomic mass is 16.2. The fourth-order valence-corrected chi connectivity index (χ4v) is 3.90. The molecule has 1 heterocycles. The molecule has 0 aromatic heterocycles. The summed E-state index contributed by atoms with van der Waals surface area (Å²) in [5.74, 6) is 0. The van der Waals surface area contributed by atoms with Crippen LogP contribution in [0.15, 0.2) is 0 Å². The van der Waals surface area contributed by atoms with Crippen molar-refractivity contribution in [1.82, 2.24) is 15.1 Å². The zero-order chi connectivity index (χ0) is 13.1. The van der Waals surface area contributed by atoms with Crippen LogP contribution in [0.4, 0.5) is 4.79 Å². The maximum atomic E-state index is 12.2. The number of carbonyl (C=O) groups excluding carboxylic acids is 1. The number of amides is 2. The molecule has 2 amide bonds. The first-order valence-corrected chi connectivity index (χ1v) is 8.12. The SMILES string of the molecule is O=C(NC1CCCC1)N1CCN(C2CCCC2)CC1. The average molecular weight is 265 g/mol. The minimum Gasteiger partial charge on any atom is -0.335 e. The summed E-state index contributed by atoms with van der Waals surface area (Å²) < 4.78 is 0. The highest BCUT2D eigenvalue weighted by Gasteiger charge is 2.28. The van der Waals surface area contributed by atoms with Gasteiger partial charge < -0.3 is 10.2 Å². The van der Waals surface area contributed by atoms with E-state index in [1.54, 1.807) is 0 Å². The van der Waals surface area contributed by atoms with Gasteiger partial charge in [0, 0.05) is 38.3 Å². The normalized spacial score (nSPS) is 27.1. The van der Waals surface area contributed by atoms with E-state index in [1.165, 1.54) is 51.4 Å². The molecule has 4 heteroatoms. The van der Waals surface area contributed by atoms with Gasteiger partial charge in [-0.1, -0.05) is 25.7 Å². The molecule has 0 aromatic carbocycles. The number of piperazine rings is 1. The predicted octanol–water partition coefficient (Wildman–Crippen LogP) is 2.20. The molecule has 0 aromatic rings. The van der Waals surface area contributed by atoms with Gasteiger partial charge in [-0.3, -0.25) is 4.90 Å². The largest absolute Gasteiger partial charge is 0.335 e. The lowest BCUT2D eigenvalue weighted by Gasteiger charge is -2.38. The van der Waals surface area contributed by atoms with Crippen LogP contribution in [0.25, 0.3) is 0 Å². The third-order valence-corrected chi connectivity index (χ3v) is 5.13. The Morgan fingerprint density at radius 3 is 2.05 bits per heavy atom. The summed E-state index contributed by atoms with van der Waals surface area (Å²) in [7, 11) is 0. The highest BCUT2D eigenvalue weighted by Crippen LogP contribution is 2.24. The summed E-state index contributed by atoms with van der Waals surface area (Å²) in [6, 6.07) is 1.43. The van der Waals surface area contributed by atoms with Crippen molar-refractivity contribution < 1.29 is 4.79 Å². The van der Waals surface area contributed by atoms with Crippen molar-refractivity contribution in [2.75, 3.05) is 26.2 Å². The Kier molecular flexibility index (Phi) is 4.26. The summed E-state index contributed by atoms with van der Waals surface area (Å²) in [5, 5.41) is 3.20. The quantitative estimate of drug-likeness (QED) is 0.831. The van der Waals surface area contributed by atoms with E-state index in [1.807, 2.05) is 4.90 Å². The van der Waals surface area contributed by atoms with Gasteiger partial charge in [0.05, 0.1) is 0 Å². The molecule has 19 heavy (non-hydrogen) atoms. The maximum Gasteiger partial charge on any atom is 0.317 e. The van der Waals surface area contributed by atoms with Crippen LogP contribution in [-0.4, -0.2) is 54.1 Å². The van der Waals surface area contributed by atoms with E-state index in [0.717, 1.165) is 32.2 Å². The van der Waals surface area contributed by atoms with Gasteiger partial charge in [0.2, 0.25) is 0 Å². The number of hydrogen-bond acceptors (Lipinski definition) is 2. The number of hydrogen-bond donors (Lipinski definition) is 1. The predicted molar refractivity (Wildman–Crippen MR) is 76.2 cm³/mol. The van der Waals surface area contributed by atoms with Gasteiger partial charge in [0.25, 0.3) is 0 Å². The third kappa shape index (κ3) is 3.22. The van der Waals surface area contributed by atoms with Crippen molar-refractivity contribution in [3.8, 4) is 0 Å². The molecule has 0 unspecified atom stereocenters. The molecule has 2 saturated carbocycles.